The summed E-state index contributed by atoms with van der Waals surface area (Å²) in [5, 5.41) is 0. The van der Waals surface area contributed by atoms with Crippen LogP contribution >= 0.6 is 0 Å². The van der Waals surface area contributed by atoms with Crippen LogP contribution < -0.4 is 4.90 Å². The normalized spacial score (nSPS) is 19.5. The van der Waals surface area contributed by atoms with Gasteiger partial charge in [0.25, 0.3) is 0 Å². The molecule has 0 saturated carbocycles. The van der Waals surface area contributed by atoms with Crippen molar-refractivity contribution in [2.24, 2.45) is 0 Å². The van der Waals surface area contributed by atoms with Gasteiger partial charge in [-0.25, -0.2) is 18.7 Å². The summed E-state index contributed by atoms with van der Waals surface area (Å²) in [6.45, 7) is 4.13. The molecule has 6 nitrogen and oxygen atoms in total. The Morgan fingerprint density at radius 3 is 2.72 bits per heavy atom. The standard InChI is InChI=1S/C21H24F2N4O2/c1-15-5-8-24-20(25-15)26-9-6-21(7-10-26)13-18(28)27(11-12-29-21)14-16-3-2-4-17(22)19(16)23/h2-5,8H,6-7,9-14H2,1H3. The molecule has 3 heterocycles. The van der Waals surface area contributed by atoms with E-state index in [1.807, 2.05) is 13.0 Å². The van der Waals surface area contributed by atoms with E-state index in [0.29, 0.717) is 45.0 Å². The molecule has 0 radical (unpaired) electrons. The Hall–Kier alpha value is -2.61. The van der Waals surface area contributed by atoms with Crippen molar-refractivity contribution in [3.63, 3.8) is 0 Å². The highest BCUT2D eigenvalue weighted by Gasteiger charge is 2.41. The molecule has 0 N–H and O–H groups in total. The van der Waals surface area contributed by atoms with Gasteiger partial charge in [-0.2, -0.15) is 0 Å². The van der Waals surface area contributed by atoms with Crippen LogP contribution in [0.2, 0.25) is 0 Å². The summed E-state index contributed by atoms with van der Waals surface area (Å²) in [7, 11) is 0. The molecule has 4 rings (SSSR count). The first-order valence-electron chi connectivity index (χ1n) is 9.85. The Labute approximate surface area is 168 Å². The van der Waals surface area contributed by atoms with Gasteiger partial charge in [0, 0.05) is 43.6 Å². The van der Waals surface area contributed by atoms with Crippen LogP contribution in [-0.2, 0) is 16.1 Å². The van der Waals surface area contributed by atoms with Crippen molar-refractivity contribution in [3.05, 3.63) is 53.4 Å². The molecular formula is C21H24F2N4O2. The van der Waals surface area contributed by atoms with Gasteiger partial charge in [-0.15, -0.1) is 0 Å². The van der Waals surface area contributed by atoms with Crippen LogP contribution in [0.4, 0.5) is 14.7 Å². The van der Waals surface area contributed by atoms with E-state index in [2.05, 4.69) is 14.9 Å². The highest BCUT2D eigenvalue weighted by molar-refractivity contribution is 5.77. The van der Waals surface area contributed by atoms with E-state index < -0.39 is 17.2 Å². The number of benzene rings is 1. The third kappa shape index (κ3) is 4.22. The van der Waals surface area contributed by atoms with Crippen LogP contribution in [0.15, 0.2) is 30.5 Å². The van der Waals surface area contributed by atoms with Crippen molar-refractivity contribution in [1.29, 1.82) is 0 Å². The zero-order valence-corrected chi connectivity index (χ0v) is 16.4. The predicted molar refractivity (Wildman–Crippen MR) is 103 cm³/mol. The molecule has 1 amide bonds. The SMILES string of the molecule is Cc1ccnc(N2CCC3(CC2)CC(=O)N(Cc2cccc(F)c2F)CCO3)n1. The number of rotatable bonds is 3. The van der Waals surface area contributed by atoms with E-state index in [9.17, 15) is 13.6 Å². The Bertz CT molecular complexity index is 900. The van der Waals surface area contributed by atoms with Gasteiger partial charge < -0.3 is 14.5 Å². The maximum atomic E-state index is 14.0. The number of aromatic nitrogens is 2. The van der Waals surface area contributed by atoms with Gasteiger partial charge in [-0.05, 0) is 31.9 Å². The van der Waals surface area contributed by atoms with Gasteiger partial charge in [0.05, 0.1) is 18.6 Å². The lowest BCUT2D eigenvalue weighted by Crippen LogP contribution is -2.47. The van der Waals surface area contributed by atoms with E-state index in [1.54, 1.807) is 11.1 Å². The molecule has 2 aromatic rings. The second-order valence-corrected chi connectivity index (χ2v) is 7.72. The lowest BCUT2D eigenvalue weighted by Gasteiger charge is -2.40. The van der Waals surface area contributed by atoms with Gasteiger partial charge in [0.15, 0.2) is 11.6 Å². The van der Waals surface area contributed by atoms with Gasteiger partial charge in [-0.3, -0.25) is 4.79 Å². The van der Waals surface area contributed by atoms with Crippen molar-refractivity contribution in [1.82, 2.24) is 14.9 Å². The highest BCUT2D eigenvalue weighted by Crippen LogP contribution is 2.33. The Morgan fingerprint density at radius 2 is 1.97 bits per heavy atom. The molecule has 2 fully saturated rings. The van der Waals surface area contributed by atoms with Crippen LogP contribution in [0.5, 0.6) is 0 Å². The average molecular weight is 402 g/mol. The Balaban J connectivity index is 1.41. The number of amides is 1. The lowest BCUT2D eigenvalue weighted by atomic mass is 9.87. The number of aryl methyl sites for hydroxylation is 1. The molecule has 0 aliphatic carbocycles. The molecule has 0 atom stereocenters. The van der Waals surface area contributed by atoms with Crippen molar-refractivity contribution >= 4 is 11.9 Å². The van der Waals surface area contributed by atoms with Gasteiger partial charge in [-0.1, -0.05) is 12.1 Å². The molecule has 1 aromatic heterocycles. The first-order valence-corrected chi connectivity index (χ1v) is 9.85. The summed E-state index contributed by atoms with van der Waals surface area (Å²) in [4.78, 5) is 25.4. The minimum atomic E-state index is -0.900. The number of carbonyl (C=O) groups is 1. The van der Waals surface area contributed by atoms with E-state index >= 15 is 0 Å². The van der Waals surface area contributed by atoms with E-state index in [-0.39, 0.29) is 24.4 Å². The topological polar surface area (TPSA) is 58.6 Å². The number of anilines is 1. The minimum absolute atomic E-state index is 0.0467. The number of piperidine rings is 1. The fourth-order valence-electron chi connectivity index (χ4n) is 4.00. The van der Waals surface area contributed by atoms with Crippen molar-refractivity contribution in [3.8, 4) is 0 Å². The number of carbonyl (C=O) groups excluding carboxylic acids is 1. The molecule has 8 heteroatoms. The van der Waals surface area contributed by atoms with Crippen LogP contribution in [0, 0.1) is 18.6 Å². The zero-order valence-electron chi connectivity index (χ0n) is 16.4. The van der Waals surface area contributed by atoms with Crippen molar-refractivity contribution in [2.45, 2.75) is 38.3 Å². The molecule has 2 saturated heterocycles. The molecule has 2 aliphatic heterocycles. The van der Waals surface area contributed by atoms with Gasteiger partial charge in [0.2, 0.25) is 11.9 Å². The molecule has 29 heavy (non-hydrogen) atoms. The molecule has 1 spiro atoms. The second kappa shape index (κ2) is 8.02. The number of hydrogen-bond acceptors (Lipinski definition) is 5. The van der Waals surface area contributed by atoms with E-state index in [4.69, 9.17) is 4.74 Å². The third-order valence-corrected chi connectivity index (χ3v) is 5.73. The summed E-state index contributed by atoms with van der Waals surface area (Å²) >= 11 is 0. The van der Waals surface area contributed by atoms with Gasteiger partial charge >= 0.3 is 0 Å². The smallest absolute Gasteiger partial charge is 0.225 e. The third-order valence-electron chi connectivity index (χ3n) is 5.73. The fraction of sp³-hybridized carbons (Fsp3) is 0.476. The van der Waals surface area contributed by atoms with Crippen LogP contribution in [0.25, 0.3) is 0 Å². The summed E-state index contributed by atoms with van der Waals surface area (Å²) in [5.41, 5.74) is 0.573. The minimum Gasteiger partial charge on any atom is -0.372 e. The van der Waals surface area contributed by atoms with E-state index in [0.717, 1.165) is 11.8 Å². The summed E-state index contributed by atoms with van der Waals surface area (Å²) in [6, 6.07) is 5.90. The Morgan fingerprint density at radius 1 is 1.17 bits per heavy atom. The summed E-state index contributed by atoms with van der Waals surface area (Å²) in [6.07, 6.45) is 3.38. The van der Waals surface area contributed by atoms with Crippen molar-refractivity contribution < 1.29 is 18.3 Å². The maximum Gasteiger partial charge on any atom is 0.225 e. The molecule has 2 aliphatic rings. The average Bonchev–Trinajstić information content (AvgIpc) is 2.85. The van der Waals surface area contributed by atoms with Crippen LogP contribution in [0.1, 0.15) is 30.5 Å². The quantitative estimate of drug-likeness (QED) is 0.790. The van der Waals surface area contributed by atoms with Crippen LogP contribution in [0.3, 0.4) is 0 Å². The fourth-order valence-corrected chi connectivity index (χ4v) is 4.00. The first-order chi connectivity index (χ1) is 14.0. The van der Waals surface area contributed by atoms with Gasteiger partial charge in [0.1, 0.15) is 0 Å². The molecule has 1 aromatic carbocycles. The second-order valence-electron chi connectivity index (χ2n) is 7.72. The van der Waals surface area contributed by atoms with Crippen molar-refractivity contribution in [2.75, 3.05) is 31.1 Å². The Kier molecular flexibility index (Phi) is 5.45. The molecule has 0 bridgehead atoms. The molecular weight excluding hydrogens is 378 g/mol. The monoisotopic (exact) mass is 402 g/mol. The number of nitrogens with zero attached hydrogens (tertiary/aromatic N) is 4. The number of halogens is 2. The summed E-state index contributed by atoms with van der Waals surface area (Å²) in [5.74, 6) is -1.19. The first kappa shape index (κ1) is 19.7. The number of ether oxygens (including phenoxy) is 1. The summed E-state index contributed by atoms with van der Waals surface area (Å²) < 4.78 is 33.6. The maximum absolute atomic E-state index is 14.0. The zero-order chi connectivity index (χ0) is 20.4. The molecule has 154 valence electrons. The lowest BCUT2D eigenvalue weighted by molar-refractivity contribution is -0.134. The van der Waals surface area contributed by atoms with E-state index in [1.165, 1.54) is 12.1 Å². The highest BCUT2D eigenvalue weighted by atomic mass is 19.2. The molecule has 0 unspecified atom stereocenters. The van der Waals surface area contributed by atoms with Crippen LogP contribution in [-0.4, -0.2) is 52.6 Å². The largest absolute Gasteiger partial charge is 0.372 e. The predicted octanol–water partition coefficient (Wildman–Crippen LogP) is 2.85. The number of hydrogen-bond donors (Lipinski definition) is 0.